The molecule has 4 saturated carbocycles. The SMILES string of the molecule is CNCc1cccc(OC23CC4CC(CC(C4)C2)C3)n1. The van der Waals surface area contributed by atoms with Gasteiger partial charge in [0.05, 0.1) is 5.69 Å². The molecule has 4 bridgehead atoms. The van der Waals surface area contributed by atoms with Gasteiger partial charge < -0.3 is 10.1 Å². The Bertz CT molecular complexity index is 464. The third kappa shape index (κ3) is 2.22. The zero-order valence-electron chi connectivity index (χ0n) is 12.3. The molecule has 5 rings (SSSR count). The van der Waals surface area contributed by atoms with Crippen LogP contribution in [-0.2, 0) is 6.54 Å². The van der Waals surface area contributed by atoms with Gasteiger partial charge in [-0.25, -0.2) is 4.98 Å². The van der Waals surface area contributed by atoms with Crippen molar-refractivity contribution in [2.75, 3.05) is 7.05 Å². The van der Waals surface area contributed by atoms with Crippen molar-refractivity contribution in [3.8, 4) is 5.88 Å². The third-order valence-corrected chi connectivity index (χ3v) is 5.44. The lowest BCUT2D eigenvalue weighted by Crippen LogP contribution is -2.53. The van der Waals surface area contributed by atoms with E-state index in [1.165, 1.54) is 38.5 Å². The number of nitrogens with zero attached hydrogens (tertiary/aromatic N) is 1. The van der Waals surface area contributed by atoms with E-state index in [1.807, 2.05) is 13.1 Å². The van der Waals surface area contributed by atoms with Crippen molar-refractivity contribution in [3.05, 3.63) is 23.9 Å². The van der Waals surface area contributed by atoms with Gasteiger partial charge in [0.25, 0.3) is 0 Å². The van der Waals surface area contributed by atoms with Crippen LogP contribution < -0.4 is 10.1 Å². The van der Waals surface area contributed by atoms with Gasteiger partial charge in [0.2, 0.25) is 5.88 Å². The highest BCUT2D eigenvalue weighted by Crippen LogP contribution is 2.56. The highest BCUT2D eigenvalue weighted by Gasteiger charge is 2.52. The van der Waals surface area contributed by atoms with E-state index in [1.54, 1.807) is 0 Å². The molecule has 3 heteroatoms. The molecule has 1 aromatic rings. The van der Waals surface area contributed by atoms with Crippen LogP contribution in [0.25, 0.3) is 0 Å². The molecule has 4 fully saturated rings. The molecular formula is C17H24N2O. The summed E-state index contributed by atoms with van der Waals surface area (Å²) in [6.07, 6.45) is 8.15. The summed E-state index contributed by atoms with van der Waals surface area (Å²) in [6, 6.07) is 6.15. The fraction of sp³-hybridized carbons (Fsp3) is 0.706. The molecule has 0 saturated heterocycles. The first kappa shape index (κ1) is 12.6. The minimum Gasteiger partial charge on any atom is -0.471 e. The summed E-state index contributed by atoms with van der Waals surface area (Å²) in [5.74, 6) is 3.59. The van der Waals surface area contributed by atoms with E-state index >= 15 is 0 Å². The normalized spacial score (nSPS) is 38.1. The van der Waals surface area contributed by atoms with Gasteiger partial charge in [-0.3, -0.25) is 0 Å². The Morgan fingerprint density at radius 1 is 1.15 bits per heavy atom. The van der Waals surface area contributed by atoms with E-state index in [9.17, 15) is 0 Å². The molecule has 108 valence electrons. The van der Waals surface area contributed by atoms with Gasteiger partial charge in [-0.2, -0.15) is 0 Å². The average molecular weight is 272 g/mol. The van der Waals surface area contributed by atoms with Gasteiger partial charge in [-0.05, 0) is 69.4 Å². The number of pyridine rings is 1. The summed E-state index contributed by atoms with van der Waals surface area (Å²) < 4.78 is 6.46. The first-order valence-corrected chi connectivity index (χ1v) is 8.04. The van der Waals surface area contributed by atoms with Gasteiger partial charge in [0.15, 0.2) is 0 Å². The maximum Gasteiger partial charge on any atom is 0.214 e. The Morgan fingerprint density at radius 3 is 2.40 bits per heavy atom. The van der Waals surface area contributed by atoms with Crippen LogP contribution in [0.3, 0.4) is 0 Å². The molecule has 0 atom stereocenters. The van der Waals surface area contributed by atoms with Crippen LogP contribution in [0.15, 0.2) is 18.2 Å². The minimum absolute atomic E-state index is 0.111. The van der Waals surface area contributed by atoms with E-state index in [0.717, 1.165) is 35.9 Å². The van der Waals surface area contributed by atoms with Crippen molar-refractivity contribution in [2.24, 2.45) is 17.8 Å². The van der Waals surface area contributed by atoms with Gasteiger partial charge in [-0.15, -0.1) is 0 Å². The average Bonchev–Trinajstić information content (AvgIpc) is 2.37. The number of nitrogens with one attached hydrogen (secondary N) is 1. The minimum atomic E-state index is 0.111. The Morgan fingerprint density at radius 2 is 1.80 bits per heavy atom. The largest absolute Gasteiger partial charge is 0.471 e. The molecule has 1 aromatic heterocycles. The molecule has 4 aliphatic rings. The summed E-state index contributed by atoms with van der Waals surface area (Å²) in [5.41, 5.74) is 1.18. The summed E-state index contributed by atoms with van der Waals surface area (Å²) in [4.78, 5) is 4.65. The van der Waals surface area contributed by atoms with Crippen LogP contribution in [0, 0.1) is 17.8 Å². The molecule has 0 aromatic carbocycles. The quantitative estimate of drug-likeness (QED) is 0.914. The zero-order valence-corrected chi connectivity index (χ0v) is 12.3. The Kier molecular flexibility index (Phi) is 2.99. The van der Waals surface area contributed by atoms with Crippen molar-refractivity contribution >= 4 is 0 Å². The summed E-state index contributed by atoms with van der Waals surface area (Å²) in [7, 11) is 1.95. The standard InChI is InChI=1S/C17H24N2O/c1-18-11-15-3-2-4-16(19-15)20-17-8-12-5-13(9-17)7-14(6-12)10-17/h2-4,12-14,18H,5-11H2,1H3. The summed E-state index contributed by atoms with van der Waals surface area (Å²) >= 11 is 0. The predicted molar refractivity (Wildman–Crippen MR) is 78.5 cm³/mol. The number of hydrogen-bond donors (Lipinski definition) is 1. The molecule has 0 aliphatic heterocycles. The lowest BCUT2D eigenvalue weighted by Gasteiger charge is -2.55. The third-order valence-electron chi connectivity index (χ3n) is 5.44. The fourth-order valence-electron chi connectivity index (χ4n) is 5.17. The highest BCUT2D eigenvalue weighted by atomic mass is 16.5. The smallest absolute Gasteiger partial charge is 0.214 e. The first-order chi connectivity index (χ1) is 9.75. The summed E-state index contributed by atoms with van der Waals surface area (Å²) in [6.45, 7) is 0.804. The van der Waals surface area contributed by atoms with Crippen LogP contribution >= 0.6 is 0 Å². The Labute approximate surface area is 121 Å². The number of aromatic nitrogens is 1. The van der Waals surface area contributed by atoms with Gasteiger partial charge in [-0.1, -0.05) is 6.07 Å². The molecule has 0 amide bonds. The zero-order chi connectivity index (χ0) is 13.6. The monoisotopic (exact) mass is 272 g/mol. The molecule has 1 N–H and O–H groups in total. The van der Waals surface area contributed by atoms with E-state index in [2.05, 4.69) is 22.4 Å². The van der Waals surface area contributed by atoms with Crippen molar-refractivity contribution in [2.45, 2.75) is 50.7 Å². The van der Waals surface area contributed by atoms with E-state index in [4.69, 9.17) is 4.74 Å². The van der Waals surface area contributed by atoms with E-state index in [-0.39, 0.29) is 5.60 Å². The maximum atomic E-state index is 6.46. The lowest BCUT2D eigenvalue weighted by atomic mass is 9.54. The van der Waals surface area contributed by atoms with Crippen molar-refractivity contribution in [1.82, 2.24) is 10.3 Å². The van der Waals surface area contributed by atoms with Crippen LogP contribution in [0.1, 0.15) is 44.2 Å². The van der Waals surface area contributed by atoms with Crippen LogP contribution in [0.5, 0.6) is 5.88 Å². The molecule has 0 radical (unpaired) electrons. The molecule has 1 heterocycles. The van der Waals surface area contributed by atoms with Crippen LogP contribution in [0.4, 0.5) is 0 Å². The molecule has 0 unspecified atom stereocenters. The van der Waals surface area contributed by atoms with Crippen LogP contribution in [-0.4, -0.2) is 17.6 Å². The second-order valence-corrected chi connectivity index (χ2v) is 7.20. The van der Waals surface area contributed by atoms with E-state index in [0.29, 0.717) is 0 Å². The van der Waals surface area contributed by atoms with Gasteiger partial charge in [0.1, 0.15) is 5.60 Å². The van der Waals surface area contributed by atoms with Crippen molar-refractivity contribution < 1.29 is 4.74 Å². The molecule has 3 nitrogen and oxygen atoms in total. The first-order valence-electron chi connectivity index (χ1n) is 8.04. The highest BCUT2D eigenvalue weighted by molar-refractivity contribution is 5.18. The molecule has 4 aliphatic carbocycles. The molecule has 20 heavy (non-hydrogen) atoms. The summed E-state index contributed by atoms with van der Waals surface area (Å²) in [5, 5.41) is 3.15. The van der Waals surface area contributed by atoms with Gasteiger partial charge in [0, 0.05) is 12.6 Å². The maximum absolute atomic E-state index is 6.46. The van der Waals surface area contributed by atoms with Crippen molar-refractivity contribution in [3.63, 3.8) is 0 Å². The van der Waals surface area contributed by atoms with Crippen molar-refractivity contribution in [1.29, 1.82) is 0 Å². The lowest BCUT2D eigenvalue weighted by molar-refractivity contribution is -0.109. The van der Waals surface area contributed by atoms with Gasteiger partial charge >= 0.3 is 0 Å². The predicted octanol–water partition coefficient (Wildman–Crippen LogP) is 3.15. The van der Waals surface area contributed by atoms with E-state index < -0.39 is 0 Å². The Hall–Kier alpha value is -1.09. The number of hydrogen-bond acceptors (Lipinski definition) is 3. The van der Waals surface area contributed by atoms with Crippen LogP contribution in [0.2, 0.25) is 0 Å². The second kappa shape index (κ2) is 4.73. The molecule has 0 spiro atoms. The fourth-order valence-corrected chi connectivity index (χ4v) is 5.17. The second-order valence-electron chi connectivity index (χ2n) is 7.20. The number of ether oxygens (including phenoxy) is 1. The Balaban J connectivity index is 1.55. The topological polar surface area (TPSA) is 34.1 Å². The number of rotatable bonds is 4. The molecular weight excluding hydrogens is 248 g/mol.